The van der Waals surface area contributed by atoms with Gasteiger partial charge in [0.25, 0.3) is 0 Å². The minimum atomic E-state index is -0.000151. The maximum atomic E-state index is 9.45. The van der Waals surface area contributed by atoms with E-state index < -0.39 is 0 Å². The van der Waals surface area contributed by atoms with Crippen molar-refractivity contribution in [3.8, 4) is 0 Å². The van der Waals surface area contributed by atoms with Crippen LogP contribution in [0.15, 0.2) is 113 Å². The molecular weight excluding hydrogens is 436 g/mol. The Kier molecular flexibility index (Phi) is 8.22. The van der Waals surface area contributed by atoms with Crippen LogP contribution in [-0.2, 0) is 0 Å². The first-order chi connectivity index (χ1) is 17.2. The van der Waals surface area contributed by atoms with Gasteiger partial charge in [0.05, 0.1) is 36.0 Å². The van der Waals surface area contributed by atoms with E-state index in [4.69, 9.17) is 9.98 Å². The van der Waals surface area contributed by atoms with Gasteiger partial charge in [0, 0.05) is 30.2 Å². The molecule has 3 aromatic rings. The van der Waals surface area contributed by atoms with E-state index in [0.717, 1.165) is 45.4 Å². The van der Waals surface area contributed by atoms with Gasteiger partial charge in [0.15, 0.2) is 0 Å². The Balaban J connectivity index is 1.66. The number of anilines is 2. The molecule has 0 bridgehead atoms. The molecule has 0 heterocycles. The first kappa shape index (κ1) is 24.1. The number of aliphatic imine (C=N–C) groups is 2. The zero-order valence-electron chi connectivity index (χ0n) is 19.8. The van der Waals surface area contributed by atoms with Crippen LogP contribution in [0.1, 0.15) is 5.56 Å². The summed E-state index contributed by atoms with van der Waals surface area (Å²) in [5.74, 6) is 0. The molecule has 6 nitrogen and oxygen atoms in total. The van der Waals surface area contributed by atoms with E-state index >= 15 is 0 Å². The number of benzene rings is 3. The van der Waals surface area contributed by atoms with Crippen molar-refractivity contribution >= 4 is 34.2 Å². The van der Waals surface area contributed by atoms with E-state index in [1.165, 1.54) is 0 Å². The number of hydrogen-bond acceptors (Lipinski definition) is 6. The lowest BCUT2D eigenvalue weighted by Crippen LogP contribution is -2.31. The molecule has 0 amide bonds. The summed E-state index contributed by atoms with van der Waals surface area (Å²) in [6.45, 7) is 2.90. The third-order valence-electron chi connectivity index (χ3n) is 5.57. The molecule has 0 unspecified atom stereocenters. The molecule has 3 aromatic carbocycles. The quantitative estimate of drug-likeness (QED) is 0.373. The first-order valence-electron chi connectivity index (χ1n) is 11.7. The zero-order chi connectivity index (χ0) is 24.5. The van der Waals surface area contributed by atoms with Crippen molar-refractivity contribution in [1.29, 1.82) is 0 Å². The van der Waals surface area contributed by atoms with Crippen LogP contribution in [0.5, 0.6) is 0 Å². The first-order valence-corrected chi connectivity index (χ1v) is 11.7. The van der Waals surface area contributed by atoms with Crippen LogP contribution in [0.25, 0.3) is 0 Å². The van der Waals surface area contributed by atoms with Gasteiger partial charge in [-0.3, -0.25) is 0 Å². The molecule has 1 aliphatic rings. The molecule has 35 heavy (non-hydrogen) atoms. The van der Waals surface area contributed by atoms with Gasteiger partial charge in [-0.05, 0) is 73.2 Å². The number of aliphatic hydroxyl groups excluding tert-OH is 2. The van der Waals surface area contributed by atoms with Crippen LogP contribution in [0.2, 0.25) is 0 Å². The second-order valence-corrected chi connectivity index (χ2v) is 8.16. The van der Waals surface area contributed by atoms with Gasteiger partial charge < -0.3 is 20.4 Å². The van der Waals surface area contributed by atoms with Gasteiger partial charge in [-0.2, -0.15) is 0 Å². The Bertz CT molecular complexity index is 1240. The summed E-state index contributed by atoms with van der Waals surface area (Å²) in [5.41, 5.74) is 7.12. The average Bonchev–Trinajstić information content (AvgIpc) is 2.88. The third kappa shape index (κ3) is 6.53. The molecule has 4 rings (SSSR count). The molecule has 1 aliphatic carbocycles. The molecule has 0 atom stereocenters. The van der Waals surface area contributed by atoms with Gasteiger partial charge in [0.1, 0.15) is 0 Å². The van der Waals surface area contributed by atoms with Gasteiger partial charge in [0.2, 0.25) is 0 Å². The van der Waals surface area contributed by atoms with Crippen molar-refractivity contribution in [3.63, 3.8) is 0 Å². The van der Waals surface area contributed by atoms with Crippen molar-refractivity contribution in [2.45, 2.75) is 6.92 Å². The van der Waals surface area contributed by atoms with Crippen molar-refractivity contribution in [3.05, 3.63) is 108 Å². The Morgan fingerprint density at radius 3 is 2.09 bits per heavy atom. The fourth-order valence-electron chi connectivity index (χ4n) is 3.82. The number of rotatable bonds is 9. The Labute approximate surface area is 206 Å². The predicted molar refractivity (Wildman–Crippen MR) is 145 cm³/mol. The van der Waals surface area contributed by atoms with Crippen molar-refractivity contribution in [2.24, 2.45) is 9.98 Å². The molecule has 3 N–H and O–H groups in total. The second-order valence-electron chi connectivity index (χ2n) is 8.16. The summed E-state index contributed by atoms with van der Waals surface area (Å²) in [6, 6.07) is 25.9. The molecule has 0 saturated heterocycles. The van der Waals surface area contributed by atoms with E-state index in [9.17, 15) is 10.2 Å². The van der Waals surface area contributed by atoms with Crippen molar-refractivity contribution < 1.29 is 10.2 Å². The number of nitrogens with zero attached hydrogens (tertiary/aromatic N) is 3. The summed E-state index contributed by atoms with van der Waals surface area (Å²) < 4.78 is 0. The van der Waals surface area contributed by atoms with Crippen LogP contribution in [0.3, 0.4) is 0 Å². The lowest BCUT2D eigenvalue weighted by atomic mass is 10.1. The smallest absolute Gasteiger partial charge is 0.0914 e. The minimum absolute atomic E-state index is 0.000151. The largest absolute Gasteiger partial charge is 0.395 e. The molecular formula is C29H30N4O2. The number of hydrogen-bond donors (Lipinski definition) is 3. The minimum Gasteiger partial charge on any atom is -0.395 e. The fraction of sp³-hybridized carbons (Fsp3) is 0.172. The van der Waals surface area contributed by atoms with Gasteiger partial charge in [-0.1, -0.05) is 36.4 Å². The highest BCUT2D eigenvalue weighted by molar-refractivity contribution is 6.52. The molecule has 0 fully saturated rings. The maximum absolute atomic E-state index is 9.45. The number of nitrogens with one attached hydrogen (secondary N) is 1. The van der Waals surface area contributed by atoms with Crippen molar-refractivity contribution in [2.75, 3.05) is 31.6 Å². The Morgan fingerprint density at radius 1 is 0.743 bits per heavy atom. The monoisotopic (exact) mass is 466 g/mol. The highest BCUT2D eigenvalue weighted by Crippen LogP contribution is 2.26. The number of allylic oxidation sites excluding steroid dienone is 3. The maximum Gasteiger partial charge on any atom is 0.0914 e. The lowest BCUT2D eigenvalue weighted by molar-refractivity contribution is 0.192. The summed E-state index contributed by atoms with van der Waals surface area (Å²) >= 11 is 0. The van der Waals surface area contributed by atoms with E-state index in [2.05, 4.69) is 11.4 Å². The Morgan fingerprint density at radius 2 is 1.43 bits per heavy atom. The molecule has 0 radical (unpaired) electrons. The summed E-state index contributed by atoms with van der Waals surface area (Å²) in [7, 11) is 0. The molecule has 0 saturated carbocycles. The lowest BCUT2D eigenvalue weighted by Gasteiger charge is -2.26. The molecule has 0 aliphatic heterocycles. The topological polar surface area (TPSA) is 80.5 Å². The second kappa shape index (κ2) is 11.9. The van der Waals surface area contributed by atoms with E-state index in [1.807, 2.05) is 103 Å². The van der Waals surface area contributed by atoms with Crippen LogP contribution in [0.4, 0.5) is 22.7 Å². The highest BCUT2D eigenvalue weighted by Gasteiger charge is 2.16. The molecule has 0 aromatic heterocycles. The Hall–Kier alpha value is -4.00. The summed E-state index contributed by atoms with van der Waals surface area (Å²) in [5, 5.41) is 22.3. The van der Waals surface area contributed by atoms with E-state index in [1.54, 1.807) is 0 Å². The third-order valence-corrected chi connectivity index (χ3v) is 5.57. The molecule has 178 valence electrons. The molecule has 6 heteroatoms. The predicted octanol–water partition coefficient (Wildman–Crippen LogP) is 5.32. The highest BCUT2D eigenvalue weighted by atomic mass is 16.3. The van der Waals surface area contributed by atoms with Gasteiger partial charge in [-0.25, -0.2) is 9.98 Å². The van der Waals surface area contributed by atoms with E-state index in [-0.39, 0.29) is 13.2 Å². The SMILES string of the molecule is Cc1cc(Nc2ccccc2)ccc1N=C1C=CC(N(CCO)CCO)=CC1=Nc1ccccc1. The van der Waals surface area contributed by atoms with Crippen molar-refractivity contribution in [1.82, 2.24) is 4.90 Å². The number of para-hydroxylation sites is 2. The standard InChI is InChI=1S/C29H30N4O2/c1-22-20-25(30-23-8-4-2-5-9-23)12-14-27(22)32-28-15-13-26(33(16-18-34)17-19-35)21-29(28)31-24-10-6-3-7-11-24/h2-15,20-21,30,34-35H,16-19H2,1H3. The van der Waals surface area contributed by atoms with Crippen LogP contribution >= 0.6 is 0 Å². The van der Waals surface area contributed by atoms with Gasteiger partial charge in [-0.15, -0.1) is 0 Å². The zero-order valence-corrected chi connectivity index (χ0v) is 19.8. The van der Waals surface area contributed by atoms with Crippen LogP contribution < -0.4 is 5.32 Å². The van der Waals surface area contributed by atoms with Gasteiger partial charge >= 0.3 is 0 Å². The van der Waals surface area contributed by atoms with E-state index in [0.29, 0.717) is 13.1 Å². The normalized spacial score (nSPS) is 15.3. The number of aliphatic hydroxyl groups is 2. The number of aryl methyl sites for hydroxylation is 1. The van der Waals surface area contributed by atoms with Crippen LogP contribution in [0, 0.1) is 6.92 Å². The fourth-order valence-corrected chi connectivity index (χ4v) is 3.82. The average molecular weight is 467 g/mol. The summed E-state index contributed by atoms with van der Waals surface area (Å²) in [4.78, 5) is 11.7. The summed E-state index contributed by atoms with van der Waals surface area (Å²) in [6.07, 6.45) is 5.85. The van der Waals surface area contributed by atoms with Crippen LogP contribution in [-0.4, -0.2) is 52.8 Å². The molecule has 0 spiro atoms.